The second kappa shape index (κ2) is 5.92. The van der Waals surface area contributed by atoms with Crippen molar-refractivity contribution in [3.05, 3.63) is 11.9 Å². The van der Waals surface area contributed by atoms with E-state index >= 15 is 0 Å². The molecule has 0 saturated heterocycles. The van der Waals surface area contributed by atoms with Crippen molar-refractivity contribution in [3.63, 3.8) is 0 Å². The van der Waals surface area contributed by atoms with E-state index in [2.05, 4.69) is 31.1 Å². The van der Waals surface area contributed by atoms with Crippen molar-refractivity contribution in [2.24, 2.45) is 13.0 Å². The lowest BCUT2D eigenvalue weighted by Crippen LogP contribution is -2.17. The normalized spacial score (nSPS) is 13.1. The third-order valence-corrected chi connectivity index (χ3v) is 2.79. The Bertz CT molecular complexity index is 315. The van der Waals surface area contributed by atoms with Gasteiger partial charge in [0.05, 0.1) is 5.69 Å². The van der Waals surface area contributed by atoms with Crippen molar-refractivity contribution in [3.8, 4) is 0 Å². The van der Waals surface area contributed by atoms with E-state index in [1.165, 1.54) is 19.3 Å². The van der Waals surface area contributed by atoms with Crippen LogP contribution in [0.15, 0.2) is 6.20 Å². The lowest BCUT2D eigenvalue weighted by atomic mass is 10.0. The van der Waals surface area contributed by atoms with E-state index in [4.69, 9.17) is 0 Å². The van der Waals surface area contributed by atoms with Gasteiger partial charge < -0.3 is 9.88 Å². The van der Waals surface area contributed by atoms with Gasteiger partial charge in [-0.25, -0.2) is 4.98 Å². The number of aromatic nitrogens is 2. The van der Waals surface area contributed by atoms with Crippen LogP contribution in [0.2, 0.25) is 0 Å². The monoisotopic (exact) mass is 223 g/mol. The van der Waals surface area contributed by atoms with Gasteiger partial charge in [-0.2, -0.15) is 0 Å². The number of imidazole rings is 1. The van der Waals surface area contributed by atoms with Gasteiger partial charge in [0.1, 0.15) is 0 Å². The number of hydrogen-bond acceptors (Lipinski definition) is 2. The average Bonchev–Trinajstić information content (AvgIpc) is 2.44. The Labute approximate surface area is 99.3 Å². The summed E-state index contributed by atoms with van der Waals surface area (Å²) in [5.74, 6) is 1.79. The molecular formula is C13H25N3. The smallest absolute Gasteiger partial charge is 0.202 e. The van der Waals surface area contributed by atoms with E-state index in [-0.39, 0.29) is 0 Å². The molecule has 0 aliphatic rings. The van der Waals surface area contributed by atoms with Crippen LogP contribution in [0.3, 0.4) is 0 Å². The van der Waals surface area contributed by atoms with Gasteiger partial charge >= 0.3 is 0 Å². The Morgan fingerprint density at radius 1 is 1.31 bits per heavy atom. The van der Waals surface area contributed by atoms with Crippen LogP contribution < -0.4 is 5.32 Å². The first kappa shape index (κ1) is 13.1. The molecule has 1 heterocycles. The summed E-state index contributed by atoms with van der Waals surface area (Å²) < 4.78 is 2.05. The van der Waals surface area contributed by atoms with Gasteiger partial charge in [0.15, 0.2) is 0 Å². The maximum absolute atomic E-state index is 4.45. The largest absolute Gasteiger partial charge is 0.353 e. The molecule has 3 nitrogen and oxygen atoms in total. The number of nitrogens with zero attached hydrogens (tertiary/aromatic N) is 2. The fraction of sp³-hybridized carbons (Fsp3) is 0.769. The second-order valence-corrected chi connectivity index (χ2v) is 5.19. The third-order valence-electron chi connectivity index (χ3n) is 2.79. The van der Waals surface area contributed by atoms with Gasteiger partial charge in [0.25, 0.3) is 0 Å². The Hall–Kier alpha value is -0.990. The molecule has 0 radical (unpaired) electrons. The molecule has 1 N–H and O–H groups in total. The average molecular weight is 223 g/mol. The van der Waals surface area contributed by atoms with Crippen LogP contribution in [0.5, 0.6) is 0 Å². The molecule has 1 atom stereocenters. The van der Waals surface area contributed by atoms with Crippen LogP contribution in [0, 0.1) is 12.8 Å². The summed E-state index contributed by atoms with van der Waals surface area (Å²) in [5, 5.41) is 3.46. The highest BCUT2D eigenvalue weighted by molar-refractivity contribution is 5.29. The second-order valence-electron chi connectivity index (χ2n) is 5.19. The van der Waals surface area contributed by atoms with Gasteiger partial charge in [-0.3, -0.25) is 0 Å². The van der Waals surface area contributed by atoms with E-state index in [0.717, 1.165) is 17.6 Å². The number of anilines is 1. The summed E-state index contributed by atoms with van der Waals surface area (Å²) in [6, 6.07) is 0.499. The SMILES string of the molecule is Cc1cn(C)c(NC(C)CCCC(C)C)n1. The zero-order chi connectivity index (χ0) is 12.1. The van der Waals surface area contributed by atoms with E-state index in [1.54, 1.807) is 0 Å². The number of rotatable bonds is 6. The summed E-state index contributed by atoms with van der Waals surface area (Å²) in [5.41, 5.74) is 1.07. The maximum atomic E-state index is 4.45. The molecular weight excluding hydrogens is 198 g/mol. The number of aryl methyl sites for hydroxylation is 2. The van der Waals surface area contributed by atoms with Crippen LogP contribution in [-0.4, -0.2) is 15.6 Å². The fourth-order valence-corrected chi connectivity index (χ4v) is 1.88. The zero-order valence-corrected chi connectivity index (χ0v) is 11.2. The molecule has 0 saturated carbocycles. The molecule has 1 aromatic heterocycles. The molecule has 1 aromatic rings. The first-order valence-corrected chi connectivity index (χ1v) is 6.25. The molecule has 0 bridgehead atoms. The molecule has 1 unspecified atom stereocenters. The zero-order valence-electron chi connectivity index (χ0n) is 11.2. The van der Waals surface area contributed by atoms with Crippen LogP contribution >= 0.6 is 0 Å². The molecule has 1 rings (SSSR count). The van der Waals surface area contributed by atoms with Crippen LogP contribution in [0.4, 0.5) is 5.95 Å². The highest BCUT2D eigenvalue weighted by Crippen LogP contribution is 2.12. The summed E-state index contributed by atoms with van der Waals surface area (Å²) >= 11 is 0. The molecule has 92 valence electrons. The molecule has 0 aliphatic heterocycles. The molecule has 0 amide bonds. The minimum absolute atomic E-state index is 0.499. The van der Waals surface area contributed by atoms with Crippen LogP contribution in [-0.2, 0) is 7.05 Å². The van der Waals surface area contributed by atoms with Gasteiger partial charge in [0, 0.05) is 19.3 Å². The van der Waals surface area contributed by atoms with Crippen molar-refractivity contribution in [2.45, 2.75) is 53.0 Å². The van der Waals surface area contributed by atoms with Crippen molar-refractivity contribution in [1.29, 1.82) is 0 Å². The maximum Gasteiger partial charge on any atom is 0.202 e. The van der Waals surface area contributed by atoms with Gasteiger partial charge in [-0.1, -0.05) is 26.7 Å². The summed E-state index contributed by atoms with van der Waals surface area (Å²) in [6.45, 7) is 8.80. The molecule has 0 aliphatic carbocycles. The first-order valence-electron chi connectivity index (χ1n) is 6.25. The Kier molecular flexibility index (Phi) is 4.84. The number of hydrogen-bond donors (Lipinski definition) is 1. The van der Waals surface area contributed by atoms with Crippen LogP contribution in [0.1, 0.15) is 45.7 Å². The highest BCUT2D eigenvalue weighted by Gasteiger charge is 2.07. The molecule has 0 aromatic carbocycles. The summed E-state index contributed by atoms with van der Waals surface area (Å²) in [7, 11) is 2.03. The Balaban J connectivity index is 2.34. The molecule has 0 spiro atoms. The van der Waals surface area contributed by atoms with Crippen molar-refractivity contribution in [2.75, 3.05) is 5.32 Å². The third kappa shape index (κ3) is 4.25. The standard InChI is InChI=1S/C13H25N3/c1-10(2)7-6-8-11(3)14-13-15-12(4)9-16(13)5/h9-11H,6-8H2,1-5H3,(H,14,15). The van der Waals surface area contributed by atoms with Gasteiger partial charge in [-0.15, -0.1) is 0 Å². The van der Waals surface area contributed by atoms with Crippen molar-refractivity contribution >= 4 is 5.95 Å². The van der Waals surface area contributed by atoms with E-state index < -0.39 is 0 Å². The van der Waals surface area contributed by atoms with Gasteiger partial charge in [0.2, 0.25) is 5.95 Å². The lowest BCUT2D eigenvalue weighted by molar-refractivity contribution is 0.519. The highest BCUT2D eigenvalue weighted by atomic mass is 15.2. The Morgan fingerprint density at radius 2 is 2.00 bits per heavy atom. The minimum Gasteiger partial charge on any atom is -0.353 e. The molecule has 16 heavy (non-hydrogen) atoms. The minimum atomic E-state index is 0.499. The predicted molar refractivity (Wildman–Crippen MR) is 69.7 cm³/mol. The number of nitrogens with one attached hydrogen (secondary N) is 1. The van der Waals surface area contributed by atoms with E-state index in [0.29, 0.717) is 6.04 Å². The van der Waals surface area contributed by atoms with E-state index in [1.807, 2.05) is 24.7 Å². The lowest BCUT2D eigenvalue weighted by Gasteiger charge is -2.15. The summed E-state index contributed by atoms with van der Waals surface area (Å²) in [4.78, 5) is 4.45. The van der Waals surface area contributed by atoms with Crippen molar-refractivity contribution < 1.29 is 0 Å². The van der Waals surface area contributed by atoms with E-state index in [9.17, 15) is 0 Å². The van der Waals surface area contributed by atoms with Gasteiger partial charge in [-0.05, 0) is 26.2 Å². The molecule has 0 fully saturated rings. The predicted octanol–water partition coefficient (Wildman–Crippen LogP) is 3.36. The molecule has 3 heteroatoms. The van der Waals surface area contributed by atoms with Crippen molar-refractivity contribution in [1.82, 2.24) is 9.55 Å². The Morgan fingerprint density at radius 3 is 2.50 bits per heavy atom. The van der Waals surface area contributed by atoms with Crippen LogP contribution in [0.25, 0.3) is 0 Å². The topological polar surface area (TPSA) is 29.9 Å². The fourth-order valence-electron chi connectivity index (χ4n) is 1.88. The quantitative estimate of drug-likeness (QED) is 0.801. The summed E-state index contributed by atoms with van der Waals surface area (Å²) in [6.07, 6.45) is 5.86. The first-order chi connectivity index (χ1) is 7.49.